The first-order valence-electron chi connectivity index (χ1n) is 9.37. The molecule has 0 spiro atoms. The molecule has 0 saturated carbocycles. The van der Waals surface area contributed by atoms with Crippen LogP contribution in [0.4, 0.5) is 0 Å². The van der Waals surface area contributed by atoms with Gasteiger partial charge in [-0.1, -0.05) is 48.7 Å². The predicted octanol–water partition coefficient (Wildman–Crippen LogP) is 5.28. The molecule has 6 heteroatoms. The second kappa shape index (κ2) is 9.89. The number of likely N-dealkylation sites (tertiary alicyclic amines) is 1. The van der Waals surface area contributed by atoms with E-state index in [1.54, 1.807) is 36.4 Å². The summed E-state index contributed by atoms with van der Waals surface area (Å²) in [6.07, 6.45) is 5.93. The van der Waals surface area contributed by atoms with Crippen LogP contribution in [0.2, 0.25) is 5.02 Å². The molecule has 0 atom stereocenters. The van der Waals surface area contributed by atoms with Gasteiger partial charge in [0.2, 0.25) is 0 Å². The highest BCUT2D eigenvalue weighted by molar-refractivity contribution is 9.10. The van der Waals surface area contributed by atoms with E-state index in [0.717, 1.165) is 31.2 Å². The van der Waals surface area contributed by atoms with Crippen LogP contribution in [0, 0.1) is 0 Å². The maximum absolute atomic E-state index is 13.2. The van der Waals surface area contributed by atoms with Gasteiger partial charge in [-0.15, -0.1) is 0 Å². The van der Waals surface area contributed by atoms with Crippen molar-refractivity contribution >= 4 is 45.4 Å². The van der Waals surface area contributed by atoms with Gasteiger partial charge in [-0.3, -0.25) is 9.59 Å². The zero-order valence-electron chi connectivity index (χ0n) is 15.5. The van der Waals surface area contributed by atoms with Crippen LogP contribution in [0.1, 0.15) is 41.6 Å². The molecular weight excluding hydrogens is 440 g/mol. The summed E-state index contributed by atoms with van der Waals surface area (Å²) in [5, 5.41) is 3.44. The minimum Gasteiger partial charge on any atom is -0.337 e. The van der Waals surface area contributed by atoms with Crippen molar-refractivity contribution in [3.8, 4) is 0 Å². The molecule has 4 nitrogen and oxygen atoms in total. The zero-order chi connectivity index (χ0) is 19.9. The van der Waals surface area contributed by atoms with Crippen LogP contribution >= 0.6 is 27.5 Å². The Morgan fingerprint density at radius 1 is 0.964 bits per heavy atom. The maximum Gasteiger partial charge on any atom is 0.270 e. The Bertz CT molecular complexity index is 872. The van der Waals surface area contributed by atoms with Crippen molar-refractivity contribution in [2.24, 2.45) is 0 Å². The van der Waals surface area contributed by atoms with Gasteiger partial charge in [0.25, 0.3) is 11.8 Å². The first-order chi connectivity index (χ1) is 13.5. The molecule has 1 aliphatic heterocycles. The summed E-state index contributed by atoms with van der Waals surface area (Å²) in [6.45, 7) is 1.42. The standard InChI is InChI=1S/C22H22BrClN2O2/c23-19-8-4-3-7-18(19)21(27)25-20(15-16-9-11-17(24)12-10-16)22(28)26-13-5-1-2-6-14-26/h3-4,7-12,15H,1-2,5-6,13-14H2,(H,25,27)/b20-15-. The Hall–Kier alpha value is -2.11. The van der Waals surface area contributed by atoms with E-state index in [-0.39, 0.29) is 17.5 Å². The monoisotopic (exact) mass is 460 g/mol. The Kier molecular flexibility index (Phi) is 7.29. The summed E-state index contributed by atoms with van der Waals surface area (Å²) in [5.41, 5.74) is 1.55. The number of rotatable bonds is 4. The molecule has 28 heavy (non-hydrogen) atoms. The first-order valence-corrected chi connectivity index (χ1v) is 10.5. The van der Waals surface area contributed by atoms with Crippen molar-refractivity contribution in [2.75, 3.05) is 13.1 Å². The normalized spacial score (nSPS) is 15.1. The van der Waals surface area contributed by atoms with Crippen LogP contribution in [0.15, 0.2) is 58.7 Å². The quantitative estimate of drug-likeness (QED) is 0.630. The molecule has 146 valence electrons. The lowest BCUT2D eigenvalue weighted by molar-refractivity contribution is -0.127. The van der Waals surface area contributed by atoms with Gasteiger partial charge in [0, 0.05) is 22.6 Å². The number of halogens is 2. The Morgan fingerprint density at radius 3 is 2.25 bits per heavy atom. The van der Waals surface area contributed by atoms with Crippen molar-refractivity contribution in [1.82, 2.24) is 10.2 Å². The summed E-state index contributed by atoms with van der Waals surface area (Å²) in [7, 11) is 0. The molecular formula is C22H22BrClN2O2. The average molecular weight is 462 g/mol. The number of carbonyl (C=O) groups is 2. The third-order valence-electron chi connectivity index (χ3n) is 4.67. The molecule has 1 N–H and O–H groups in total. The van der Waals surface area contributed by atoms with Crippen LogP contribution in [0.25, 0.3) is 6.08 Å². The van der Waals surface area contributed by atoms with Crippen molar-refractivity contribution in [2.45, 2.75) is 25.7 Å². The van der Waals surface area contributed by atoms with Gasteiger partial charge in [0.1, 0.15) is 5.70 Å². The number of nitrogens with one attached hydrogen (secondary N) is 1. The highest BCUT2D eigenvalue weighted by Crippen LogP contribution is 2.19. The molecule has 0 radical (unpaired) electrons. The van der Waals surface area contributed by atoms with Crippen LogP contribution in [0.3, 0.4) is 0 Å². The topological polar surface area (TPSA) is 49.4 Å². The molecule has 3 rings (SSSR count). The summed E-state index contributed by atoms with van der Waals surface area (Å²) < 4.78 is 0.681. The summed E-state index contributed by atoms with van der Waals surface area (Å²) >= 11 is 9.36. The number of benzene rings is 2. The number of hydrogen-bond acceptors (Lipinski definition) is 2. The molecule has 0 bridgehead atoms. The molecule has 1 saturated heterocycles. The summed E-state index contributed by atoms with van der Waals surface area (Å²) in [6, 6.07) is 14.3. The molecule has 1 aliphatic rings. The molecule has 2 aromatic rings. The van der Waals surface area contributed by atoms with Crippen molar-refractivity contribution in [3.63, 3.8) is 0 Å². The molecule has 0 unspecified atom stereocenters. The average Bonchev–Trinajstić information content (AvgIpc) is 2.98. The highest BCUT2D eigenvalue weighted by atomic mass is 79.9. The largest absolute Gasteiger partial charge is 0.337 e. The summed E-state index contributed by atoms with van der Waals surface area (Å²) in [4.78, 5) is 27.8. The van der Waals surface area contributed by atoms with E-state index in [0.29, 0.717) is 28.1 Å². The molecule has 0 aliphatic carbocycles. The minimum atomic E-state index is -0.323. The Morgan fingerprint density at radius 2 is 1.61 bits per heavy atom. The van der Waals surface area contributed by atoms with Gasteiger partial charge in [0.05, 0.1) is 5.56 Å². The molecule has 2 amide bonds. The van der Waals surface area contributed by atoms with E-state index in [1.165, 1.54) is 0 Å². The number of nitrogens with zero attached hydrogens (tertiary/aromatic N) is 1. The zero-order valence-corrected chi connectivity index (χ0v) is 17.8. The number of amides is 2. The fourth-order valence-corrected chi connectivity index (χ4v) is 3.75. The third-order valence-corrected chi connectivity index (χ3v) is 5.61. The van der Waals surface area contributed by atoms with Crippen LogP contribution < -0.4 is 5.32 Å². The maximum atomic E-state index is 13.2. The molecule has 2 aromatic carbocycles. The molecule has 1 fully saturated rings. The number of carbonyl (C=O) groups excluding carboxylic acids is 2. The highest BCUT2D eigenvalue weighted by Gasteiger charge is 2.22. The van der Waals surface area contributed by atoms with Gasteiger partial charge in [-0.2, -0.15) is 0 Å². The lowest BCUT2D eigenvalue weighted by Gasteiger charge is -2.22. The Labute approximate surface area is 178 Å². The molecule has 1 heterocycles. The predicted molar refractivity (Wildman–Crippen MR) is 116 cm³/mol. The van der Waals surface area contributed by atoms with Gasteiger partial charge in [-0.05, 0) is 64.7 Å². The van der Waals surface area contributed by atoms with Crippen molar-refractivity contribution in [3.05, 3.63) is 74.9 Å². The van der Waals surface area contributed by atoms with E-state index < -0.39 is 0 Å². The van der Waals surface area contributed by atoms with Gasteiger partial charge < -0.3 is 10.2 Å². The second-order valence-corrected chi connectivity index (χ2v) is 8.04. The van der Waals surface area contributed by atoms with Gasteiger partial charge >= 0.3 is 0 Å². The lowest BCUT2D eigenvalue weighted by Crippen LogP contribution is -2.39. The SMILES string of the molecule is O=C(N/C(=C\c1ccc(Cl)cc1)C(=O)N1CCCCCC1)c1ccccc1Br. The van der Waals surface area contributed by atoms with Crippen LogP contribution in [0.5, 0.6) is 0 Å². The van der Waals surface area contributed by atoms with E-state index in [9.17, 15) is 9.59 Å². The number of hydrogen-bond donors (Lipinski definition) is 1. The first kappa shape index (κ1) is 20.6. The smallest absolute Gasteiger partial charge is 0.270 e. The third kappa shape index (κ3) is 5.46. The van der Waals surface area contributed by atoms with E-state index >= 15 is 0 Å². The Balaban J connectivity index is 1.89. The van der Waals surface area contributed by atoms with Crippen molar-refractivity contribution in [1.29, 1.82) is 0 Å². The van der Waals surface area contributed by atoms with Crippen molar-refractivity contribution < 1.29 is 9.59 Å². The van der Waals surface area contributed by atoms with Crippen LogP contribution in [-0.2, 0) is 4.79 Å². The fourth-order valence-electron chi connectivity index (χ4n) is 3.16. The van der Waals surface area contributed by atoms with Crippen LogP contribution in [-0.4, -0.2) is 29.8 Å². The lowest BCUT2D eigenvalue weighted by atomic mass is 10.1. The van der Waals surface area contributed by atoms with Gasteiger partial charge in [0.15, 0.2) is 0 Å². The minimum absolute atomic E-state index is 0.155. The van der Waals surface area contributed by atoms with E-state index in [1.807, 2.05) is 23.1 Å². The fraction of sp³-hybridized carbons (Fsp3) is 0.273. The summed E-state index contributed by atoms with van der Waals surface area (Å²) in [5.74, 6) is -0.479. The molecule has 0 aromatic heterocycles. The van der Waals surface area contributed by atoms with E-state index in [2.05, 4.69) is 21.2 Å². The van der Waals surface area contributed by atoms with E-state index in [4.69, 9.17) is 11.6 Å². The van der Waals surface area contributed by atoms with Gasteiger partial charge in [-0.25, -0.2) is 0 Å². The second-order valence-electron chi connectivity index (χ2n) is 6.75.